The number of hydrogen-bond acceptors (Lipinski definition) is 5. The monoisotopic (exact) mass is 494 g/mol. The second-order valence-corrected chi connectivity index (χ2v) is 8.17. The quantitative estimate of drug-likeness (QED) is 0.199. The molecule has 4 rings (SSSR count). The van der Waals surface area contributed by atoms with Gasteiger partial charge in [0.05, 0.1) is 11.9 Å². The molecule has 0 atom stereocenters. The highest BCUT2D eigenvalue weighted by Crippen LogP contribution is 2.35. The number of rotatable bonds is 9. The number of hydrogen-bond donors (Lipinski definition) is 0. The summed E-state index contributed by atoms with van der Waals surface area (Å²) in [7, 11) is 1.83. The summed E-state index contributed by atoms with van der Waals surface area (Å²) in [5.41, 5.74) is 3.48. The molecule has 0 amide bonds. The molecule has 0 radical (unpaired) electrons. The molecule has 2 aromatic carbocycles. The molecule has 0 saturated carbocycles. The standard InChI is InChI=1S/C27H25F3N4O2/c1-5-7-21-23(36-27(29)30)11-10-20(24(21)28)22-15-32-26-25(31-12-13-34(22)26)33(4)18-8-9-19(16(3)35)17(6-2)14-18/h5,8-15,27H,1,6-7H2,2-4H3. The minimum Gasteiger partial charge on any atom is -0.434 e. The molecule has 186 valence electrons. The fourth-order valence-corrected chi connectivity index (χ4v) is 4.23. The van der Waals surface area contributed by atoms with Crippen molar-refractivity contribution in [3.05, 3.63) is 84.1 Å². The smallest absolute Gasteiger partial charge is 0.387 e. The number of fused-ring (bicyclic) bond motifs is 1. The lowest BCUT2D eigenvalue weighted by Crippen LogP contribution is -2.14. The Morgan fingerprint density at radius 3 is 2.69 bits per heavy atom. The number of benzene rings is 2. The molecule has 0 bridgehead atoms. The number of imidazole rings is 1. The molecule has 0 spiro atoms. The van der Waals surface area contributed by atoms with Crippen molar-refractivity contribution >= 4 is 22.9 Å². The molecule has 9 heteroatoms. The second-order valence-electron chi connectivity index (χ2n) is 8.17. The molecule has 0 fully saturated rings. The van der Waals surface area contributed by atoms with Crippen LogP contribution < -0.4 is 9.64 Å². The van der Waals surface area contributed by atoms with Gasteiger partial charge in [-0.2, -0.15) is 8.78 Å². The summed E-state index contributed by atoms with van der Waals surface area (Å²) in [6.07, 6.45) is 6.87. The van der Waals surface area contributed by atoms with Crippen LogP contribution in [-0.4, -0.2) is 33.8 Å². The van der Waals surface area contributed by atoms with Gasteiger partial charge in [0, 0.05) is 41.8 Å². The predicted octanol–water partition coefficient (Wildman–Crippen LogP) is 6.40. The lowest BCUT2D eigenvalue weighted by molar-refractivity contribution is -0.0505. The summed E-state index contributed by atoms with van der Waals surface area (Å²) in [5.74, 6) is -0.399. The normalized spacial score (nSPS) is 11.2. The number of aromatic nitrogens is 3. The summed E-state index contributed by atoms with van der Waals surface area (Å²) in [6, 6.07) is 8.28. The molecular formula is C27H25F3N4O2. The Morgan fingerprint density at radius 1 is 1.25 bits per heavy atom. The lowest BCUT2D eigenvalue weighted by Gasteiger charge is -2.20. The number of anilines is 2. The third kappa shape index (κ3) is 4.56. The maximum atomic E-state index is 15.5. The molecule has 2 heterocycles. The van der Waals surface area contributed by atoms with E-state index in [4.69, 9.17) is 0 Å². The average Bonchev–Trinajstić information content (AvgIpc) is 3.29. The summed E-state index contributed by atoms with van der Waals surface area (Å²) in [5, 5.41) is 0. The van der Waals surface area contributed by atoms with Crippen molar-refractivity contribution in [2.75, 3.05) is 11.9 Å². The van der Waals surface area contributed by atoms with Crippen molar-refractivity contribution in [1.82, 2.24) is 14.4 Å². The van der Waals surface area contributed by atoms with E-state index in [1.54, 1.807) is 22.9 Å². The van der Waals surface area contributed by atoms with Crippen LogP contribution in [0.3, 0.4) is 0 Å². The first-order chi connectivity index (χ1) is 17.3. The molecule has 4 aromatic rings. The Balaban J connectivity index is 1.80. The van der Waals surface area contributed by atoms with Crippen LogP contribution in [0.5, 0.6) is 5.75 Å². The zero-order valence-electron chi connectivity index (χ0n) is 20.1. The number of carbonyl (C=O) groups excluding carboxylic acids is 1. The maximum Gasteiger partial charge on any atom is 0.387 e. The molecule has 0 aliphatic rings. The fourth-order valence-electron chi connectivity index (χ4n) is 4.23. The first kappa shape index (κ1) is 25.0. The van der Waals surface area contributed by atoms with Gasteiger partial charge in [-0.1, -0.05) is 13.0 Å². The summed E-state index contributed by atoms with van der Waals surface area (Å²) in [6.45, 7) is 4.04. The summed E-state index contributed by atoms with van der Waals surface area (Å²) < 4.78 is 47.3. The SMILES string of the molecule is C=CCc1c(OC(F)F)ccc(-c2cnc3c(N(C)c4ccc(C(C)=O)c(CC)c4)nccn23)c1F. The van der Waals surface area contributed by atoms with Crippen molar-refractivity contribution in [3.63, 3.8) is 0 Å². The van der Waals surface area contributed by atoms with E-state index < -0.39 is 12.4 Å². The van der Waals surface area contributed by atoms with Gasteiger partial charge in [-0.15, -0.1) is 6.58 Å². The van der Waals surface area contributed by atoms with E-state index in [0.29, 0.717) is 29.1 Å². The van der Waals surface area contributed by atoms with E-state index in [1.165, 1.54) is 31.3 Å². The fraction of sp³-hybridized carbons (Fsp3) is 0.222. The van der Waals surface area contributed by atoms with Gasteiger partial charge in [0.2, 0.25) is 0 Å². The second kappa shape index (κ2) is 10.2. The Morgan fingerprint density at radius 2 is 2.03 bits per heavy atom. The number of nitrogens with zero attached hydrogens (tertiary/aromatic N) is 4. The highest BCUT2D eigenvalue weighted by atomic mass is 19.3. The Kier molecular flexibility index (Phi) is 7.10. The van der Waals surface area contributed by atoms with Crippen molar-refractivity contribution in [1.29, 1.82) is 0 Å². The van der Waals surface area contributed by atoms with E-state index in [2.05, 4.69) is 21.3 Å². The number of aryl methyl sites for hydroxylation is 1. The van der Waals surface area contributed by atoms with Gasteiger partial charge in [-0.3, -0.25) is 9.20 Å². The summed E-state index contributed by atoms with van der Waals surface area (Å²) >= 11 is 0. The third-order valence-corrected chi connectivity index (χ3v) is 6.00. The number of ether oxygens (including phenoxy) is 1. The predicted molar refractivity (Wildman–Crippen MR) is 133 cm³/mol. The van der Waals surface area contributed by atoms with Gasteiger partial charge in [0.15, 0.2) is 17.2 Å². The van der Waals surface area contributed by atoms with E-state index in [0.717, 1.165) is 11.3 Å². The zero-order valence-corrected chi connectivity index (χ0v) is 20.1. The van der Waals surface area contributed by atoms with E-state index in [9.17, 15) is 13.6 Å². The van der Waals surface area contributed by atoms with Crippen LogP contribution in [0.4, 0.5) is 24.7 Å². The van der Waals surface area contributed by atoms with Gasteiger partial charge in [0.1, 0.15) is 11.6 Å². The summed E-state index contributed by atoms with van der Waals surface area (Å²) in [4.78, 5) is 22.7. The van der Waals surface area contributed by atoms with E-state index in [1.807, 2.05) is 31.0 Å². The molecule has 0 saturated heterocycles. The minimum absolute atomic E-state index is 0.00185. The molecule has 6 nitrogen and oxygen atoms in total. The number of carbonyl (C=O) groups is 1. The van der Waals surface area contributed by atoms with Gasteiger partial charge in [0.25, 0.3) is 0 Å². The first-order valence-corrected chi connectivity index (χ1v) is 11.3. The van der Waals surface area contributed by atoms with Gasteiger partial charge >= 0.3 is 6.61 Å². The van der Waals surface area contributed by atoms with E-state index in [-0.39, 0.29) is 29.1 Å². The van der Waals surface area contributed by atoms with Crippen LogP contribution in [0.2, 0.25) is 0 Å². The molecule has 0 unspecified atom stereocenters. The third-order valence-electron chi connectivity index (χ3n) is 6.00. The highest BCUT2D eigenvalue weighted by molar-refractivity contribution is 5.96. The highest BCUT2D eigenvalue weighted by Gasteiger charge is 2.21. The van der Waals surface area contributed by atoms with Crippen LogP contribution in [0.1, 0.15) is 35.3 Å². The molecule has 0 aliphatic carbocycles. The average molecular weight is 495 g/mol. The van der Waals surface area contributed by atoms with Crippen LogP contribution in [0.15, 0.2) is 61.6 Å². The van der Waals surface area contributed by atoms with Gasteiger partial charge < -0.3 is 9.64 Å². The van der Waals surface area contributed by atoms with E-state index >= 15 is 4.39 Å². The molecule has 0 aliphatic heterocycles. The van der Waals surface area contributed by atoms with Crippen LogP contribution >= 0.6 is 0 Å². The maximum absolute atomic E-state index is 15.5. The molecular weight excluding hydrogens is 469 g/mol. The largest absolute Gasteiger partial charge is 0.434 e. The Labute approximate surface area is 206 Å². The number of halogens is 3. The van der Waals surface area contributed by atoms with Gasteiger partial charge in [-0.25, -0.2) is 14.4 Å². The van der Waals surface area contributed by atoms with Crippen LogP contribution in [0.25, 0.3) is 16.9 Å². The first-order valence-electron chi connectivity index (χ1n) is 11.3. The zero-order chi connectivity index (χ0) is 26.0. The number of alkyl halides is 2. The topological polar surface area (TPSA) is 59.7 Å². The lowest BCUT2D eigenvalue weighted by atomic mass is 10.0. The van der Waals surface area contributed by atoms with Crippen molar-refractivity contribution < 1.29 is 22.7 Å². The van der Waals surface area contributed by atoms with Crippen molar-refractivity contribution in [2.45, 2.75) is 33.3 Å². The van der Waals surface area contributed by atoms with Crippen molar-refractivity contribution in [2.24, 2.45) is 0 Å². The molecule has 36 heavy (non-hydrogen) atoms. The van der Waals surface area contributed by atoms with Gasteiger partial charge in [-0.05, 0) is 55.7 Å². The minimum atomic E-state index is -3.07. The van der Waals surface area contributed by atoms with Crippen molar-refractivity contribution in [3.8, 4) is 17.0 Å². The number of allylic oxidation sites excluding steroid dienone is 1. The Hall–Kier alpha value is -4.14. The molecule has 0 N–H and O–H groups in total. The number of Topliss-reactive ketones (excluding diaryl/α,β-unsaturated/α-hetero) is 1. The van der Waals surface area contributed by atoms with Crippen LogP contribution in [-0.2, 0) is 12.8 Å². The number of ketones is 1. The Bertz CT molecular complexity index is 1450. The van der Waals surface area contributed by atoms with Crippen LogP contribution in [0, 0.1) is 5.82 Å². The molecule has 2 aromatic heterocycles.